The highest BCUT2D eigenvalue weighted by atomic mass is 35.5. The minimum atomic E-state index is -0.496. The molecule has 1 aliphatic rings. The number of hydrogen-bond donors (Lipinski definition) is 3. The summed E-state index contributed by atoms with van der Waals surface area (Å²) < 4.78 is 6.06. The van der Waals surface area contributed by atoms with Crippen molar-refractivity contribution in [2.24, 2.45) is 22.4 Å². The molecule has 1 saturated carbocycles. The number of aliphatic imine (C=N–C) groups is 1. The maximum Gasteiger partial charge on any atom is 0.248 e. The van der Waals surface area contributed by atoms with Gasteiger partial charge in [-0.3, -0.25) is 4.79 Å². The molecule has 0 unspecified atom stereocenters. The summed E-state index contributed by atoms with van der Waals surface area (Å²) in [6, 6.07) is 10.8. The molecule has 30 heavy (non-hydrogen) atoms. The van der Waals surface area contributed by atoms with E-state index >= 15 is 0 Å². The van der Waals surface area contributed by atoms with E-state index in [1.165, 1.54) is 32.1 Å². The molecular formula is C23H29ClN4O2. The highest BCUT2D eigenvalue weighted by Crippen LogP contribution is 2.29. The zero-order valence-corrected chi connectivity index (χ0v) is 18.0. The monoisotopic (exact) mass is 428 g/mol. The van der Waals surface area contributed by atoms with Crippen LogP contribution in [-0.2, 0) is 6.54 Å². The predicted molar refractivity (Wildman–Crippen MR) is 122 cm³/mol. The number of nitrogens with two attached hydrogens (primary N) is 2. The van der Waals surface area contributed by atoms with Crippen molar-refractivity contribution in [2.45, 2.75) is 45.6 Å². The van der Waals surface area contributed by atoms with E-state index in [1.54, 1.807) is 18.2 Å². The van der Waals surface area contributed by atoms with Gasteiger partial charge in [0.15, 0.2) is 5.96 Å². The van der Waals surface area contributed by atoms with Crippen molar-refractivity contribution in [3.63, 3.8) is 0 Å². The number of guanidine groups is 1. The van der Waals surface area contributed by atoms with Crippen LogP contribution >= 0.6 is 11.6 Å². The Kier molecular flexibility index (Phi) is 7.57. The quantitative estimate of drug-likeness (QED) is 0.441. The summed E-state index contributed by atoms with van der Waals surface area (Å²) in [5.41, 5.74) is 14.6. The molecule has 6 nitrogen and oxygen atoms in total. The van der Waals surface area contributed by atoms with Gasteiger partial charge in [-0.2, -0.15) is 0 Å². The Morgan fingerprint density at radius 2 is 1.93 bits per heavy atom. The van der Waals surface area contributed by atoms with Crippen LogP contribution in [0.5, 0.6) is 5.75 Å². The highest BCUT2D eigenvalue weighted by molar-refractivity contribution is 6.31. The normalized spacial score (nSPS) is 15.1. The van der Waals surface area contributed by atoms with Crippen molar-refractivity contribution in [2.75, 3.05) is 11.9 Å². The van der Waals surface area contributed by atoms with Gasteiger partial charge in [-0.25, -0.2) is 4.99 Å². The lowest BCUT2D eigenvalue weighted by Crippen LogP contribution is -2.24. The van der Waals surface area contributed by atoms with Crippen LogP contribution in [0.15, 0.2) is 41.4 Å². The van der Waals surface area contributed by atoms with Gasteiger partial charge >= 0.3 is 0 Å². The lowest BCUT2D eigenvalue weighted by Gasteiger charge is -2.22. The summed E-state index contributed by atoms with van der Waals surface area (Å²) in [6.07, 6.45) is 6.11. The summed E-state index contributed by atoms with van der Waals surface area (Å²) in [5.74, 6) is 0.848. The second-order valence-electron chi connectivity index (χ2n) is 7.80. The first-order chi connectivity index (χ1) is 14.4. The molecular weight excluding hydrogens is 400 g/mol. The number of halogens is 1. The molecule has 0 heterocycles. The van der Waals surface area contributed by atoms with Gasteiger partial charge in [0.2, 0.25) is 5.91 Å². The fourth-order valence-electron chi connectivity index (χ4n) is 3.62. The molecule has 0 spiro atoms. The molecule has 1 amide bonds. The van der Waals surface area contributed by atoms with E-state index in [0.29, 0.717) is 36.1 Å². The second-order valence-corrected chi connectivity index (χ2v) is 8.21. The first-order valence-corrected chi connectivity index (χ1v) is 10.7. The van der Waals surface area contributed by atoms with Crippen molar-refractivity contribution < 1.29 is 9.53 Å². The van der Waals surface area contributed by atoms with E-state index in [4.69, 9.17) is 27.8 Å². The lowest BCUT2D eigenvalue weighted by atomic mass is 9.90. The SMILES string of the molecule is Cc1cc(CN=C(N)Nc2ccc(C(N)=O)cc2OCC2CCCCC2)ccc1Cl. The number of carbonyl (C=O) groups is 1. The summed E-state index contributed by atoms with van der Waals surface area (Å²) >= 11 is 6.07. The Bertz CT molecular complexity index is 923. The molecule has 0 aliphatic heterocycles. The van der Waals surface area contributed by atoms with E-state index in [0.717, 1.165) is 16.1 Å². The number of nitrogens with one attached hydrogen (secondary N) is 1. The summed E-state index contributed by atoms with van der Waals surface area (Å²) in [5, 5.41) is 3.81. The van der Waals surface area contributed by atoms with Gasteiger partial charge in [-0.15, -0.1) is 0 Å². The predicted octanol–water partition coefficient (Wildman–Crippen LogP) is 4.63. The van der Waals surface area contributed by atoms with E-state index in [-0.39, 0.29) is 5.96 Å². The van der Waals surface area contributed by atoms with Crippen LogP contribution in [0.4, 0.5) is 5.69 Å². The molecule has 1 fully saturated rings. The van der Waals surface area contributed by atoms with Gasteiger partial charge in [-0.05, 0) is 61.1 Å². The van der Waals surface area contributed by atoms with E-state index in [1.807, 2.05) is 25.1 Å². The summed E-state index contributed by atoms with van der Waals surface area (Å²) in [4.78, 5) is 16.0. The number of primary amides is 1. The highest BCUT2D eigenvalue weighted by Gasteiger charge is 2.16. The van der Waals surface area contributed by atoms with Crippen molar-refractivity contribution in [3.8, 4) is 5.75 Å². The van der Waals surface area contributed by atoms with Crippen LogP contribution in [-0.4, -0.2) is 18.5 Å². The van der Waals surface area contributed by atoms with Crippen LogP contribution < -0.4 is 21.5 Å². The van der Waals surface area contributed by atoms with Crippen molar-refractivity contribution >= 4 is 29.2 Å². The minimum absolute atomic E-state index is 0.261. The number of nitrogens with zero attached hydrogens (tertiary/aromatic N) is 1. The third kappa shape index (κ3) is 6.13. The average Bonchev–Trinajstić information content (AvgIpc) is 2.74. The molecule has 0 aromatic heterocycles. The number of carbonyl (C=O) groups excluding carboxylic acids is 1. The first-order valence-electron chi connectivity index (χ1n) is 10.3. The van der Waals surface area contributed by atoms with E-state index in [2.05, 4.69) is 10.3 Å². The van der Waals surface area contributed by atoms with E-state index < -0.39 is 5.91 Å². The number of rotatable bonds is 7. The average molecular weight is 429 g/mol. The van der Waals surface area contributed by atoms with Gasteiger partial charge in [0.25, 0.3) is 0 Å². The Balaban J connectivity index is 1.70. The molecule has 0 radical (unpaired) electrons. The zero-order valence-electron chi connectivity index (χ0n) is 17.3. The second kappa shape index (κ2) is 10.3. The van der Waals surface area contributed by atoms with Gasteiger partial charge in [-0.1, -0.05) is 43.0 Å². The zero-order chi connectivity index (χ0) is 21.5. The van der Waals surface area contributed by atoms with Gasteiger partial charge < -0.3 is 21.5 Å². The van der Waals surface area contributed by atoms with E-state index in [9.17, 15) is 4.79 Å². The Labute approximate surface area is 182 Å². The molecule has 2 aromatic rings. The molecule has 5 N–H and O–H groups in total. The summed E-state index contributed by atoms with van der Waals surface area (Å²) in [6.45, 7) is 2.99. The molecule has 7 heteroatoms. The number of ether oxygens (including phenoxy) is 1. The molecule has 160 valence electrons. The number of anilines is 1. The Morgan fingerprint density at radius 3 is 2.63 bits per heavy atom. The first kappa shape index (κ1) is 22.0. The lowest BCUT2D eigenvalue weighted by molar-refractivity contribution is 0.0999. The molecule has 3 rings (SSSR count). The number of hydrogen-bond acceptors (Lipinski definition) is 3. The fourth-order valence-corrected chi connectivity index (χ4v) is 3.74. The van der Waals surface area contributed by atoms with Gasteiger partial charge in [0.1, 0.15) is 5.75 Å². The van der Waals surface area contributed by atoms with Crippen molar-refractivity contribution in [1.29, 1.82) is 0 Å². The van der Waals surface area contributed by atoms with Crippen LogP contribution in [0, 0.1) is 12.8 Å². The van der Waals surface area contributed by atoms with Crippen molar-refractivity contribution in [1.82, 2.24) is 0 Å². The molecule has 0 atom stereocenters. The van der Waals surface area contributed by atoms with Crippen LogP contribution in [0.3, 0.4) is 0 Å². The fraction of sp³-hybridized carbons (Fsp3) is 0.391. The van der Waals surface area contributed by atoms with Crippen LogP contribution in [0.1, 0.15) is 53.6 Å². The van der Waals surface area contributed by atoms with Crippen molar-refractivity contribution in [3.05, 3.63) is 58.1 Å². The maximum absolute atomic E-state index is 11.6. The largest absolute Gasteiger partial charge is 0.491 e. The number of benzene rings is 2. The minimum Gasteiger partial charge on any atom is -0.491 e. The smallest absolute Gasteiger partial charge is 0.248 e. The molecule has 0 saturated heterocycles. The van der Waals surface area contributed by atoms with Gasteiger partial charge in [0.05, 0.1) is 18.8 Å². The molecule has 2 aromatic carbocycles. The standard InChI is InChI=1S/C23H29ClN4O2/c1-15-11-17(7-9-19(15)24)13-27-23(26)28-20-10-8-18(22(25)29)12-21(20)30-14-16-5-3-2-4-6-16/h7-12,16H,2-6,13-14H2,1H3,(H2,25,29)(H3,26,27,28). The Morgan fingerprint density at radius 1 is 1.17 bits per heavy atom. The van der Waals surface area contributed by atoms with Crippen LogP contribution in [0.25, 0.3) is 0 Å². The molecule has 1 aliphatic carbocycles. The summed E-state index contributed by atoms with van der Waals surface area (Å²) in [7, 11) is 0. The third-order valence-electron chi connectivity index (χ3n) is 5.38. The number of amides is 1. The number of aryl methyl sites for hydroxylation is 1. The molecule has 0 bridgehead atoms. The maximum atomic E-state index is 11.6. The Hall–Kier alpha value is -2.73. The van der Waals surface area contributed by atoms with Gasteiger partial charge in [0, 0.05) is 10.6 Å². The van der Waals surface area contributed by atoms with Crippen LogP contribution in [0.2, 0.25) is 5.02 Å². The third-order valence-corrected chi connectivity index (χ3v) is 5.81. The topological polar surface area (TPSA) is 103 Å².